The van der Waals surface area contributed by atoms with E-state index in [-0.39, 0.29) is 36.1 Å². The van der Waals surface area contributed by atoms with Gasteiger partial charge in [-0.2, -0.15) is 0 Å². The van der Waals surface area contributed by atoms with Crippen molar-refractivity contribution in [3.05, 3.63) is 55.1 Å². The van der Waals surface area contributed by atoms with Crippen LogP contribution in [0.15, 0.2) is 59.6 Å². The van der Waals surface area contributed by atoms with Crippen molar-refractivity contribution in [2.24, 2.45) is 15.9 Å². The molecule has 10 atom stereocenters. The number of fused-ring (bicyclic) bond motifs is 2. The van der Waals surface area contributed by atoms with Gasteiger partial charge >= 0.3 is 12.2 Å². The van der Waals surface area contributed by atoms with E-state index in [1.165, 1.54) is 33.3 Å². The van der Waals surface area contributed by atoms with E-state index in [4.69, 9.17) is 34.8 Å². The van der Waals surface area contributed by atoms with Crippen LogP contribution in [0, 0.1) is 5.92 Å². The number of amidine groups is 2. The van der Waals surface area contributed by atoms with Crippen LogP contribution in [0.25, 0.3) is 0 Å². The molecular formula is C42H65FN4O10S2. The van der Waals surface area contributed by atoms with Gasteiger partial charge in [0.05, 0.1) is 40.6 Å². The maximum absolute atomic E-state index is 12.9. The molecule has 4 heterocycles. The van der Waals surface area contributed by atoms with Gasteiger partial charge in [0.2, 0.25) is 0 Å². The topological polar surface area (TPSA) is 161 Å². The molecule has 5 rings (SSSR count). The minimum absolute atomic E-state index is 0.0588. The Hall–Kier alpha value is -3.19. The lowest BCUT2D eigenvalue weighted by atomic mass is 9.88. The molecule has 0 radical (unpaired) electrons. The van der Waals surface area contributed by atoms with E-state index in [1.54, 1.807) is 40.0 Å². The van der Waals surface area contributed by atoms with Gasteiger partial charge in [-0.05, 0) is 72.1 Å². The molecule has 0 bridgehead atoms. The summed E-state index contributed by atoms with van der Waals surface area (Å²) in [4.78, 5) is 37.5. The summed E-state index contributed by atoms with van der Waals surface area (Å²) in [7, 11) is 0.653. The average Bonchev–Trinajstić information content (AvgIpc) is 3.80. The van der Waals surface area contributed by atoms with Crippen molar-refractivity contribution in [1.82, 2.24) is 9.80 Å². The Bertz CT molecular complexity index is 1630. The summed E-state index contributed by atoms with van der Waals surface area (Å²) in [6.07, 6.45) is 1.20. The zero-order valence-electron chi connectivity index (χ0n) is 37.0. The quantitative estimate of drug-likeness (QED) is 0.222. The fourth-order valence-electron chi connectivity index (χ4n) is 6.55. The monoisotopic (exact) mass is 869 g/mol. The number of alkyl halides is 1. The van der Waals surface area contributed by atoms with E-state index < -0.39 is 60.3 Å². The SMILES string of the molecule is C=CCN(C(=O)OC(C)(C)C)C1=N[C@@H]2[C@@H](O)[C@H](O)[C@@H](CC)O[C@@H]2S1.C=CCN(C(=O)OC(C)(C)C)C1=N[C@@H]2[C@@H](OCc3ccc(OC)cc3)[C@H](C)[C@@H](CC)O[C@@H]2S1.[2H]CF. The third-order valence-corrected chi connectivity index (χ3v) is 11.7. The van der Waals surface area contributed by atoms with E-state index in [2.05, 4.69) is 32.0 Å². The number of rotatable bonds is 10. The fourth-order valence-corrected chi connectivity index (χ4v) is 9.00. The number of aliphatic imine (C=N–C) groups is 2. The number of carbonyl (C=O) groups excluding carboxylic acids is 2. The van der Waals surface area contributed by atoms with Gasteiger partial charge in [-0.25, -0.2) is 9.59 Å². The highest BCUT2D eigenvalue weighted by Gasteiger charge is 2.50. The molecule has 2 saturated heterocycles. The van der Waals surface area contributed by atoms with Crippen LogP contribution in [0.5, 0.6) is 5.75 Å². The van der Waals surface area contributed by atoms with Gasteiger partial charge in [-0.1, -0.05) is 68.6 Å². The average molecular weight is 870 g/mol. The Kier molecular flexibility index (Phi) is 18.6. The Morgan fingerprint density at radius 1 is 0.864 bits per heavy atom. The first-order chi connectivity index (χ1) is 28.2. The second-order valence-electron chi connectivity index (χ2n) is 16.2. The zero-order valence-corrected chi connectivity index (χ0v) is 37.7. The van der Waals surface area contributed by atoms with Crippen molar-refractivity contribution < 1.29 is 54.0 Å². The van der Waals surface area contributed by atoms with Gasteiger partial charge in [-0.15, -0.1) is 13.2 Å². The zero-order chi connectivity index (χ0) is 44.9. The molecule has 4 aliphatic rings. The van der Waals surface area contributed by atoms with Gasteiger partial charge in [0.15, 0.2) is 10.3 Å². The first-order valence-corrected chi connectivity index (χ1v) is 21.5. The lowest BCUT2D eigenvalue weighted by Gasteiger charge is -2.41. The van der Waals surface area contributed by atoms with Crippen LogP contribution in [-0.4, -0.2) is 135 Å². The van der Waals surface area contributed by atoms with Gasteiger partial charge in [-0.3, -0.25) is 24.2 Å². The molecule has 2 N–H and O–H groups in total. The molecule has 0 aromatic heterocycles. The molecule has 2 fully saturated rings. The second-order valence-corrected chi connectivity index (χ2v) is 18.3. The van der Waals surface area contributed by atoms with Gasteiger partial charge in [0.1, 0.15) is 52.1 Å². The third-order valence-electron chi connectivity index (χ3n) is 9.38. The maximum Gasteiger partial charge on any atom is 0.416 e. The predicted octanol–water partition coefficient (Wildman–Crippen LogP) is 7.57. The highest BCUT2D eigenvalue weighted by atomic mass is 32.2. The Labute approximate surface area is 359 Å². The van der Waals surface area contributed by atoms with Crippen LogP contribution in [0.2, 0.25) is 0 Å². The lowest BCUT2D eigenvalue weighted by molar-refractivity contribution is -0.153. The molecule has 0 spiro atoms. The van der Waals surface area contributed by atoms with Crippen molar-refractivity contribution in [3.8, 4) is 5.75 Å². The van der Waals surface area contributed by atoms with Crippen molar-refractivity contribution in [2.45, 2.75) is 146 Å². The van der Waals surface area contributed by atoms with Crippen molar-refractivity contribution in [2.75, 3.05) is 27.4 Å². The molecule has 4 aliphatic heterocycles. The molecule has 1 aromatic rings. The number of halogens is 1. The van der Waals surface area contributed by atoms with Crippen LogP contribution in [-0.2, 0) is 30.3 Å². The first-order valence-electron chi connectivity index (χ1n) is 20.4. The molecule has 59 heavy (non-hydrogen) atoms. The van der Waals surface area contributed by atoms with Gasteiger partial charge in [0.25, 0.3) is 0 Å². The maximum atomic E-state index is 12.9. The summed E-state index contributed by atoms with van der Waals surface area (Å²) in [6.45, 7) is 25.5. The summed E-state index contributed by atoms with van der Waals surface area (Å²) in [5.41, 5.74) is -0.812. The van der Waals surface area contributed by atoms with E-state index >= 15 is 0 Å². The number of amides is 2. The van der Waals surface area contributed by atoms with Crippen molar-refractivity contribution in [3.63, 3.8) is 0 Å². The Morgan fingerprint density at radius 3 is 1.76 bits per heavy atom. The molecule has 332 valence electrons. The van der Waals surface area contributed by atoms with Crippen LogP contribution < -0.4 is 4.74 Å². The van der Waals surface area contributed by atoms with E-state index in [1.807, 2.05) is 52.0 Å². The summed E-state index contributed by atoms with van der Waals surface area (Å²) >= 11 is 2.71. The molecule has 2 amide bonds. The fraction of sp³-hybridized carbons (Fsp3) is 0.667. The first kappa shape index (κ1) is 48.5. The Morgan fingerprint density at radius 2 is 1.32 bits per heavy atom. The molecule has 0 saturated carbocycles. The highest BCUT2D eigenvalue weighted by Crippen LogP contribution is 2.42. The number of carbonyl (C=O) groups is 2. The molecule has 0 aliphatic carbocycles. The number of thioether (sulfide) groups is 2. The summed E-state index contributed by atoms with van der Waals surface area (Å²) in [6, 6.07) is 7.04. The normalized spacial score (nSPS) is 28.7. The predicted molar refractivity (Wildman–Crippen MR) is 232 cm³/mol. The standard InChI is InChI=1S/C25H36N2O5S.C16H26N2O5S.CH3F/c1-8-14-27(24(28)32-25(4,5)6)23-26-20-21(16(3)19(9-2)31-22(20)33-23)30-15-17-10-12-18(29-7)13-11-17;1-6-8-18(15(21)23-16(3,4)5)14-17-10-12(20)11(19)9(7-2)22-13(10)24-14;1-2/h8,10-13,16,19-22H,1,9,14-15H2,2-7H3;6,9-13,19-20H,1,7-8H2,2-5H3;1H3/t16-,19-,20-,21+,22-;9-,10-,11-,12-,13-;/m11./s1/i;;1D. The number of aliphatic hydroxyl groups is 2. The van der Waals surface area contributed by atoms with Crippen LogP contribution in [0.1, 0.15) is 82.1 Å². The van der Waals surface area contributed by atoms with Crippen LogP contribution in [0.4, 0.5) is 14.0 Å². The number of aliphatic hydroxyl groups excluding tert-OH is 2. The molecule has 0 unspecified atom stereocenters. The number of methoxy groups -OCH3 is 1. The lowest BCUT2D eigenvalue weighted by Crippen LogP contribution is -2.54. The van der Waals surface area contributed by atoms with Gasteiger partial charge < -0.3 is 38.6 Å². The largest absolute Gasteiger partial charge is 0.497 e. The molecule has 17 heteroatoms. The highest BCUT2D eigenvalue weighted by molar-refractivity contribution is 8.14. The van der Waals surface area contributed by atoms with Crippen molar-refractivity contribution >= 4 is 46.0 Å². The molecular weight excluding hydrogens is 804 g/mol. The minimum atomic E-state index is -1.03. The smallest absolute Gasteiger partial charge is 0.416 e. The Balaban J connectivity index is 0.000000314. The summed E-state index contributed by atoms with van der Waals surface area (Å²) in [5, 5.41) is 21.4. The summed E-state index contributed by atoms with van der Waals surface area (Å²) in [5.74, 6) is 0.975. The number of benzene rings is 1. The summed E-state index contributed by atoms with van der Waals surface area (Å²) < 4.78 is 50.4. The van der Waals surface area contributed by atoms with Crippen molar-refractivity contribution in [1.29, 1.82) is 0 Å². The van der Waals surface area contributed by atoms with E-state index in [9.17, 15) is 24.2 Å². The van der Waals surface area contributed by atoms with Gasteiger partial charge in [0, 0.05) is 19.0 Å². The van der Waals surface area contributed by atoms with Crippen LogP contribution >= 0.6 is 23.5 Å². The molecule has 1 aromatic carbocycles. The number of ether oxygens (including phenoxy) is 6. The second kappa shape index (κ2) is 22.6. The number of hydrogen-bond acceptors (Lipinski definition) is 14. The van der Waals surface area contributed by atoms with Crippen LogP contribution in [0.3, 0.4) is 0 Å². The van der Waals surface area contributed by atoms with E-state index in [0.717, 1.165) is 17.7 Å². The number of nitrogens with zero attached hydrogens (tertiary/aromatic N) is 4. The van der Waals surface area contributed by atoms with E-state index in [0.29, 0.717) is 29.9 Å². The number of hydrogen-bond donors (Lipinski definition) is 2. The molecule has 14 nitrogen and oxygen atoms in total. The third kappa shape index (κ3) is 13.7. The minimum Gasteiger partial charge on any atom is -0.497 e.